The fraction of sp³-hybridized carbons (Fsp3) is 0.600. The van der Waals surface area contributed by atoms with Crippen molar-refractivity contribution in [3.63, 3.8) is 0 Å². The van der Waals surface area contributed by atoms with Gasteiger partial charge in [-0.2, -0.15) is 0 Å². The number of halogens is 1. The topological polar surface area (TPSA) is 26.7 Å². The lowest BCUT2D eigenvalue weighted by atomic mass is 9.78. The molecule has 2 aliphatic rings. The summed E-state index contributed by atoms with van der Waals surface area (Å²) in [6, 6.07) is 6.59. The molecule has 2 fully saturated rings. The molecule has 0 amide bonds. The number of rotatable bonds is 6. The highest BCUT2D eigenvalue weighted by Crippen LogP contribution is 2.33. The first-order chi connectivity index (χ1) is 11.7. The molecule has 0 aromatic heterocycles. The van der Waals surface area contributed by atoms with Gasteiger partial charge in [-0.05, 0) is 69.6 Å². The Kier molecular flexibility index (Phi) is 6.04. The summed E-state index contributed by atoms with van der Waals surface area (Å²) in [5.41, 5.74) is 1.13. The fourth-order valence-corrected chi connectivity index (χ4v) is 3.90. The van der Waals surface area contributed by atoms with Crippen LogP contribution in [0.4, 0.5) is 4.39 Å². The Morgan fingerprint density at radius 3 is 2.29 bits per heavy atom. The van der Waals surface area contributed by atoms with E-state index in [0.29, 0.717) is 6.61 Å². The van der Waals surface area contributed by atoms with Gasteiger partial charge >= 0.3 is 0 Å². The molecule has 1 aromatic carbocycles. The zero-order valence-corrected chi connectivity index (χ0v) is 14.5. The molecular formula is C20H29FN2O. The number of likely N-dealkylation sites (tertiary alicyclic amines) is 2. The third kappa shape index (κ3) is 4.65. The summed E-state index contributed by atoms with van der Waals surface area (Å²) in [6.07, 6.45) is 8.97. The molecule has 1 aromatic rings. The molecule has 0 saturated carbocycles. The molecule has 3 rings (SSSR count). The second-order valence-electron chi connectivity index (χ2n) is 7.40. The van der Waals surface area contributed by atoms with E-state index in [2.05, 4.69) is 22.0 Å². The van der Waals surface area contributed by atoms with Gasteiger partial charge < -0.3 is 10.0 Å². The second-order valence-corrected chi connectivity index (χ2v) is 7.40. The highest BCUT2D eigenvalue weighted by molar-refractivity contribution is 5.48. The van der Waals surface area contributed by atoms with Gasteiger partial charge in [-0.25, -0.2) is 4.39 Å². The number of piperidine rings is 1. The van der Waals surface area contributed by atoms with Crippen molar-refractivity contribution in [2.75, 3.05) is 45.9 Å². The van der Waals surface area contributed by atoms with Crippen LogP contribution in [0.5, 0.6) is 0 Å². The van der Waals surface area contributed by atoms with Gasteiger partial charge in [0.2, 0.25) is 0 Å². The van der Waals surface area contributed by atoms with Crippen LogP contribution in [0.15, 0.2) is 30.3 Å². The van der Waals surface area contributed by atoms with E-state index in [0.717, 1.165) is 44.6 Å². The Morgan fingerprint density at radius 2 is 1.67 bits per heavy atom. The van der Waals surface area contributed by atoms with Crippen molar-refractivity contribution in [3.8, 4) is 0 Å². The Balaban J connectivity index is 1.46. The van der Waals surface area contributed by atoms with Crippen LogP contribution in [0.1, 0.15) is 31.2 Å². The maximum Gasteiger partial charge on any atom is 0.123 e. The summed E-state index contributed by atoms with van der Waals surface area (Å²) in [4.78, 5) is 4.97. The van der Waals surface area contributed by atoms with Gasteiger partial charge in [0.15, 0.2) is 0 Å². The highest BCUT2D eigenvalue weighted by atomic mass is 19.1. The van der Waals surface area contributed by atoms with E-state index in [1.54, 1.807) is 12.1 Å². The molecule has 0 spiro atoms. The van der Waals surface area contributed by atoms with Crippen LogP contribution in [0, 0.1) is 11.2 Å². The third-order valence-electron chi connectivity index (χ3n) is 5.55. The van der Waals surface area contributed by atoms with Gasteiger partial charge in [0, 0.05) is 18.5 Å². The molecule has 1 N–H and O–H groups in total. The molecule has 4 heteroatoms. The zero-order chi connectivity index (χ0) is 16.8. The van der Waals surface area contributed by atoms with Gasteiger partial charge in [0.05, 0.1) is 6.61 Å². The predicted octanol–water partition coefficient (Wildman–Crippen LogP) is 3.01. The van der Waals surface area contributed by atoms with Crippen LogP contribution < -0.4 is 0 Å². The molecular weight excluding hydrogens is 303 g/mol. The van der Waals surface area contributed by atoms with E-state index in [9.17, 15) is 9.50 Å². The van der Waals surface area contributed by atoms with E-state index in [-0.39, 0.29) is 11.2 Å². The molecule has 0 unspecified atom stereocenters. The quantitative estimate of drug-likeness (QED) is 0.867. The van der Waals surface area contributed by atoms with E-state index < -0.39 is 0 Å². The highest BCUT2D eigenvalue weighted by Gasteiger charge is 2.35. The summed E-state index contributed by atoms with van der Waals surface area (Å²) < 4.78 is 12.9. The summed E-state index contributed by atoms with van der Waals surface area (Å²) >= 11 is 0. The van der Waals surface area contributed by atoms with Gasteiger partial charge in [-0.15, -0.1) is 0 Å². The first kappa shape index (κ1) is 17.6. The summed E-state index contributed by atoms with van der Waals surface area (Å²) in [6.45, 7) is 6.77. The van der Waals surface area contributed by atoms with E-state index >= 15 is 0 Å². The van der Waals surface area contributed by atoms with E-state index in [4.69, 9.17) is 0 Å². The van der Waals surface area contributed by atoms with Crippen LogP contribution in [0.25, 0.3) is 6.08 Å². The minimum atomic E-state index is -0.193. The molecule has 0 bridgehead atoms. The van der Waals surface area contributed by atoms with Gasteiger partial charge in [0.25, 0.3) is 0 Å². The monoisotopic (exact) mass is 332 g/mol. The van der Waals surface area contributed by atoms with Crippen LogP contribution in [-0.2, 0) is 0 Å². The Morgan fingerprint density at radius 1 is 1.00 bits per heavy atom. The molecule has 2 heterocycles. The molecule has 24 heavy (non-hydrogen) atoms. The van der Waals surface area contributed by atoms with E-state index in [1.165, 1.54) is 38.1 Å². The molecule has 0 atom stereocenters. The largest absolute Gasteiger partial charge is 0.396 e. The van der Waals surface area contributed by atoms with Crippen LogP contribution >= 0.6 is 0 Å². The Bertz CT molecular complexity index is 529. The molecule has 2 aliphatic heterocycles. The molecule has 132 valence electrons. The SMILES string of the molecule is OCC1(CN2CCCC2)CCN(CC=Cc2ccc(F)cc2)CC1. The average molecular weight is 332 g/mol. The number of hydrogen-bond acceptors (Lipinski definition) is 3. The van der Waals surface area contributed by atoms with Crippen LogP contribution in [0.2, 0.25) is 0 Å². The molecule has 2 saturated heterocycles. The van der Waals surface area contributed by atoms with Crippen molar-refractivity contribution < 1.29 is 9.50 Å². The maximum absolute atomic E-state index is 12.9. The number of nitrogens with zero attached hydrogens (tertiary/aromatic N) is 2. The fourth-order valence-electron chi connectivity index (χ4n) is 3.90. The number of aliphatic hydroxyl groups excluding tert-OH is 1. The smallest absolute Gasteiger partial charge is 0.123 e. The number of aliphatic hydroxyl groups is 1. The molecule has 3 nitrogen and oxygen atoms in total. The standard InChI is InChI=1S/C20H29FN2O/c21-19-7-5-18(6-8-19)4-3-13-22-14-9-20(17-24,10-15-22)16-23-11-1-2-12-23/h3-8,24H,1-2,9-17H2. The van der Waals surface area contributed by atoms with Crippen molar-refractivity contribution in [2.24, 2.45) is 5.41 Å². The van der Waals surface area contributed by atoms with Gasteiger partial charge in [-0.3, -0.25) is 4.90 Å². The van der Waals surface area contributed by atoms with Crippen molar-refractivity contribution in [3.05, 3.63) is 41.7 Å². The lowest BCUT2D eigenvalue weighted by Gasteiger charge is -2.42. The van der Waals surface area contributed by atoms with Crippen LogP contribution in [0.3, 0.4) is 0 Å². The minimum Gasteiger partial charge on any atom is -0.396 e. The first-order valence-electron chi connectivity index (χ1n) is 9.17. The lowest BCUT2D eigenvalue weighted by molar-refractivity contribution is 0.0218. The Labute approximate surface area is 144 Å². The minimum absolute atomic E-state index is 0.0987. The lowest BCUT2D eigenvalue weighted by Crippen LogP contribution is -2.47. The van der Waals surface area contributed by atoms with Crippen molar-refractivity contribution in [2.45, 2.75) is 25.7 Å². The number of benzene rings is 1. The maximum atomic E-state index is 12.9. The summed E-state index contributed by atoms with van der Waals surface area (Å²) in [7, 11) is 0. The normalized spacial score (nSPS) is 22.4. The predicted molar refractivity (Wildman–Crippen MR) is 96.3 cm³/mol. The van der Waals surface area contributed by atoms with Gasteiger partial charge in [-0.1, -0.05) is 24.3 Å². The summed E-state index contributed by atoms with van der Waals surface area (Å²) in [5.74, 6) is -0.193. The molecule has 0 aliphatic carbocycles. The zero-order valence-electron chi connectivity index (χ0n) is 14.5. The summed E-state index contributed by atoms with van der Waals surface area (Å²) in [5, 5.41) is 9.95. The second kappa shape index (κ2) is 8.24. The molecule has 0 radical (unpaired) electrons. The van der Waals surface area contributed by atoms with Crippen molar-refractivity contribution >= 4 is 6.08 Å². The van der Waals surface area contributed by atoms with Crippen LogP contribution in [-0.4, -0.2) is 60.8 Å². The first-order valence-corrected chi connectivity index (χ1v) is 9.17. The average Bonchev–Trinajstić information content (AvgIpc) is 3.11. The van der Waals surface area contributed by atoms with Gasteiger partial charge in [0.1, 0.15) is 5.82 Å². The Hall–Kier alpha value is -1.23. The number of hydrogen-bond donors (Lipinski definition) is 1. The van der Waals surface area contributed by atoms with Crippen molar-refractivity contribution in [1.29, 1.82) is 0 Å². The third-order valence-corrected chi connectivity index (χ3v) is 5.55. The van der Waals surface area contributed by atoms with E-state index in [1.807, 2.05) is 0 Å². The van der Waals surface area contributed by atoms with Crippen molar-refractivity contribution in [1.82, 2.24) is 9.80 Å².